The van der Waals surface area contributed by atoms with Crippen molar-refractivity contribution in [2.24, 2.45) is 0 Å². The van der Waals surface area contributed by atoms with Crippen LogP contribution in [0.3, 0.4) is 0 Å². The van der Waals surface area contributed by atoms with Crippen LogP contribution < -0.4 is 48.7 Å². The molecule has 0 amide bonds. The predicted octanol–water partition coefficient (Wildman–Crippen LogP) is -8.69. The smallest absolute Gasteiger partial charge is 0.894 e. The van der Waals surface area contributed by atoms with E-state index >= 15 is 0 Å². The second kappa shape index (κ2) is 13.4. The fraction of sp³-hybridized carbons (Fsp3) is 0. The molecule has 0 spiro atoms. The second-order valence-electron chi connectivity index (χ2n) is 0.500. The summed E-state index contributed by atoms with van der Waals surface area (Å²) in [6, 6.07) is 0. The maximum atomic E-state index is 8.58. The minimum atomic E-state index is -5.61. The van der Waals surface area contributed by atoms with Gasteiger partial charge in [0.15, 0.2) is 0 Å². The summed E-state index contributed by atoms with van der Waals surface area (Å²) in [5, 5.41) is 0. The Labute approximate surface area is 116 Å². The first-order valence-corrected chi connectivity index (χ1v) is 2.45. The van der Waals surface area contributed by atoms with Gasteiger partial charge in [-0.3, -0.25) is 0 Å². The van der Waals surface area contributed by atoms with E-state index in [1.54, 1.807) is 0 Å². The summed E-state index contributed by atoms with van der Waals surface area (Å²) in [5.74, 6) is 0. The van der Waals surface area contributed by atoms with Crippen LogP contribution in [0, 0.1) is 0 Å². The molecule has 0 aromatic heterocycles. The van der Waals surface area contributed by atoms with Crippen molar-refractivity contribution in [1.29, 1.82) is 0 Å². The van der Waals surface area contributed by atoms with Gasteiger partial charge in [0.05, 0.1) is 0 Å². The van der Waals surface area contributed by atoms with Crippen LogP contribution in [0.1, 0.15) is 0 Å². The Morgan fingerprint density at radius 3 is 0.889 bits per heavy atom. The summed E-state index contributed by atoms with van der Waals surface area (Å²) in [5.41, 5.74) is 0. The largest absolute Gasteiger partial charge is 2.00 e. The zero-order chi connectivity index (χ0) is 4.50. The summed E-state index contributed by atoms with van der Waals surface area (Å²) >= 11 is 0. The standard InChI is InChI=1S/Ca.Mn.Na.O4Si.H2O/c;;;1-5(2,3)4;/h;;;;1H2/q2*+2;+1;-4;/p-1. The minimum Gasteiger partial charge on any atom is -0.894 e. The second-order valence-corrected chi connectivity index (χ2v) is 1.50. The van der Waals surface area contributed by atoms with Crippen LogP contribution in [0.2, 0.25) is 0 Å². The van der Waals surface area contributed by atoms with Gasteiger partial charge in [-0.1, -0.05) is 0 Å². The first-order valence-electron chi connectivity index (χ1n) is 0.816. The predicted molar refractivity (Wildman–Crippen MR) is 13.4 cm³/mol. The van der Waals surface area contributed by atoms with Crippen molar-refractivity contribution in [1.82, 2.24) is 0 Å². The van der Waals surface area contributed by atoms with Gasteiger partial charge >= 0.3 is 84.4 Å². The van der Waals surface area contributed by atoms with E-state index in [4.69, 9.17) is 19.2 Å². The van der Waals surface area contributed by atoms with Gasteiger partial charge in [0.25, 0.3) is 0 Å². The normalized spacial score (nSPS) is 6.67. The van der Waals surface area contributed by atoms with Gasteiger partial charge in [-0.25, -0.2) is 0 Å². The molecule has 0 unspecified atom stereocenters. The van der Waals surface area contributed by atoms with Gasteiger partial charge in [0.2, 0.25) is 0 Å². The summed E-state index contributed by atoms with van der Waals surface area (Å²) in [6.07, 6.45) is 0. The number of hydrogen-bond donors (Lipinski definition) is 0. The molecule has 0 atom stereocenters. The average molecular weight is 227 g/mol. The van der Waals surface area contributed by atoms with Crippen molar-refractivity contribution in [2.45, 2.75) is 0 Å². The third-order valence-electron chi connectivity index (χ3n) is 0. The summed E-state index contributed by atoms with van der Waals surface area (Å²) in [4.78, 5) is 34.3. The topological polar surface area (TPSA) is 122 Å². The average Bonchev–Trinajstić information content (AvgIpc) is 0.722. The van der Waals surface area contributed by atoms with Crippen LogP contribution >= 0.6 is 0 Å². The Morgan fingerprint density at radius 1 is 0.889 bits per heavy atom. The molecule has 0 rings (SSSR count). The molecule has 0 aliphatic heterocycles. The van der Waals surface area contributed by atoms with Crippen LogP contribution in [-0.4, -0.2) is 52.3 Å². The van der Waals surface area contributed by atoms with Crippen molar-refractivity contribution in [3.05, 3.63) is 0 Å². The third-order valence-corrected chi connectivity index (χ3v) is 0. The minimum absolute atomic E-state index is 0. The first-order chi connectivity index (χ1) is 2.00. The summed E-state index contributed by atoms with van der Waals surface area (Å²) in [7, 11) is -5.61. The Morgan fingerprint density at radius 2 is 0.889 bits per heavy atom. The van der Waals surface area contributed by atoms with E-state index in [1.165, 1.54) is 0 Å². The van der Waals surface area contributed by atoms with Gasteiger partial charge in [-0.15, -0.1) is 0 Å². The van der Waals surface area contributed by atoms with Gasteiger partial charge in [-0.05, 0) is 0 Å². The van der Waals surface area contributed by atoms with E-state index in [0.717, 1.165) is 0 Å². The Kier molecular flexibility index (Phi) is 44.3. The quantitative estimate of drug-likeness (QED) is 0.380. The Balaban J connectivity index is -0.0000000133. The van der Waals surface area contributed by atoms with Crippen LogP contribution in [-0.2, 0) is 17.1 Å². The summed E-state index contributed by atoms with van der Waals surface area (Å²) < 4.78 is 0. The molecule has 45 valence electrons. The van der Waals surface area contributed by atoms with Crippen LogP contribution in [0.15, 0.2) is 0 Å². The molecule has 9 heavy (non-hydrogen) atoms. The molecule has 5 nitrogen and oxygen atoms in total. The monoisotopic (exact) mass is 227 g/mol. The molecule has 0 aliphatic carbocycles. The Bertz CT molecular complexity index is 32.4. The molecule has 1 N–H and O–H groups in total. The van der Waals surface area contributed by atoms with Gasteiger partial charge in [0, 0.05) is 0 Å². The zero-order valence-corrected chi connectivity index (χ0v) is 11.1. The molecule has 1 radical (unpaired) electrons. The van der Waals surface area contributed by atoms with Gasteiger partial charge in [-0.2, -0.15) is 0 Å². The van der Waals surface area contributed by atoms with E-state index in [0.29, 0.717) is 0 Å². The van der Waals surface area contributed by atoms with Crippen LogP contribution in [0.5, 0.6) is 0 Å². The fourth-order valence-electron chi connectivity index (χ4n) is 0. The van der Waals surface area contributed by atoms with Crippen LogP contribution in [0.4, 0.5) is 0 Å². The fourth-order valence-corrected chi connectivity index (χ4v) is 0. The van der Waals surface area contributed by atoms with E-state index < -0.39 is 9.05 Å². The summed E-state index contributed by atoms with van der Waals surface area (Å²) in [6.45, 7) is 0. The molecule has 0 aromatic rings. The zero-order valence-electron chi connectivity index (χ0n) is 4.67. The van der Waals surface area contributed by atoms with E-state index in [-0.39, 0.29) is 89.8 Å². The van der Waals surface area contributed by atoms with Crippen molar-refractivity contribution in [2.75, 3.05) is 0 Å². The van der Waals surface area contributed by atoms with Gasteiger partial charge in [0.1, 0.15) is 0 Å². The first kappa shape index (κ1) is 29.8. The third kappa shape index (κ3) is 107. The molecule has 0 saturated carbocycles. The van der Waals surface area contributed by atoms with Crippen molar-refractivity contribution in [3.63, 3.8) is 0 Å². The molecule has 0 bridgehead atoms. The molecular weight excluding hydrogens is 226 g/mol. The number of hydrogen-bond acceptors (Lipinski definition) is 5. The molecule has 0 heterocycles. The van der Waals surface area contributed by atoms with Crippen molar-refractivity contribution < 1.29 is 71.3 Å². The molecule has 9 heteroatoms. The maximum absolute atomic E-state index is 8.58. The van der Waals surface area contributed by atoms with Crippen molar-refractivity contribution >= 4 is 46.8 Å². The molecule has 0 aliphatic rings. The van der Waals surface area contributed by atoms with Gasteiger partial charge < -0.3 is 33.7 Å². The van der Waals surface area contributed by atoms with Crippen LogP contribution in [0.25, 0.3) is 0 Å². The number of rotatable bonds is 0. The molecular formula is HCaMnNaO5Si. The molecule has 0 saturated heterocycles. The maximum Gasteiger partial charge on any atom is 2.00 e. The molecule has 0 fully saturated rings. The van der Waals surface area contributed by atoms with Crippen molar-refractivity contribution in [3.8, 4) is 0 Å². The van der Waals surface area contributed by atoms with E-state index in [9.17, 15) is 0 Å². The SMILES string of the molecule is [Ca+2].[Mn+2].[Na+].[O-][Si]([O-])([O-])[O-].[OH-]. The van der Waals surface area contributed by atoms with E-state index in [2.05, 4.69) is 0 Å². The van der Waals surface area contributed by atoms with E-state index in [1.807, 2.05) is 0 Å². The Hall–Kier alpha value is 2.80. The molecule has 0 aromatic carbocycles.